The Hall–Kier alpha value is -4.16. The minimum absolute atomic E-state index is 0.0109. The number of ether oxygens (including phenoxy) is 1. The van der Waals surface area contributed by atoms with Gasteiger partial charge in [-0.05, 0) is 54.6 Å². The molecule has 0 atom stereocenters. The van der Waals surface area contributed by atoms with Gasteiger partial charge in [0.25, 0.3) is 15.9 Å². The summed E-state index contributed by atoms with van der Waals surface area (Å²) in [7, 11) is -4.05. The number of hydrogen-bond donors (Lipinski definition) is 4. The maximum atomic E-state index is 12.8. The molecular weight excluding hydrogens is 486 g/mol. The molecule has 0 bridgehead atoms. The maximum absolute atomic E-state index is 12.8. The number of aliphatic carboxylic acids is 1. The van der Waals surface area contributed by atoms with Crippen LogP contribution in [0.4, 0.5) is 17.1 Å². The van der Waals surface area contributed by atoms with Crippen LogP contribution in [0.1, 0.15) is 10.4 Å². The van der Waals surface area contributed by atoms with Crippen LogP contribution in [0.25, 0.3) is 0 Å². The van der Waals surface area contributed by atoms with Crippen molar-refractivity contribution in [3.8, 4) is 5.75 Å². The highest BCUT2D eigenvalue weighted by Gasteiger charge is 2.19. The zero-order valence-electron chi connectivity index (χ0n) is 19.2. The van der Waals surface area contributed by atoms with Crippen molar-refractivity contribution in [3.63, 3.8) is 0 Å². The van der Waals surface area contributed by atoms with Gasteiger partial charge in [-0.25, -0.2) is 13.2 Å². The smallest absolute Gasteiger partial charge is 0.341 e. The predicted octanol–water partition coefficient (Wildman–Crippen LogP) is 2.01. The third-order valence-electron chi connectivity index (χ3n) is 5.39. The van der Waals surface area contributed by atoms with Crippen LogP contribution in [-0.2, 0) is 14.8 Å². The number of nitrogens with zero attached hydrogens (tertiary/aromatic N) is 2. The van der Waals surface area contributed by atoms with Crippen molar-refractivity contribution in [1.82, 2.24) is 10.3 Å². The molecule has 2 heterocycles. The number of benzene rings is 2. The lowest BCUT2D eigenvalue weighted by atomic mass is 10.1. The number of piperazine rings is 1. The number of carboxylic acids is 1. The summed E-state index contributed by atoms with van der Waals surface area (Å²) in [4.78, 5) is 29.7. The molecule has 36 heavy (non-hydrogen) atoms. The number of sulfonamides is 1. The maximum Gasteiger partial charge on any atom is 0.341 e. The molecule has 0 radical (unpaired) electrons. The van der Waals surface area contributed by atoms with Gasteiger partial charge in [-0.1, -0.05) is 0 Å². The molecule has 1 aliphatic heterocycles. The fourth-order valence-electron chi connectivity index (χ4n) is 3.61. The monoisotopic (exact) mass is 511 g/mol. The standard InChI is InChI=1S/C24H25N5O6S/c30-23(31)16-35-22-8-5-18(14-21(22)28-36(33,34)20-2-1-9-26-15-20)27-24(32)17-3-6-19(7-4-17)29-12-10-25-11-13-29/h1-9,14-15,25,28H,10-13,16H2,(H,27,32)(H,30,31). The van der Waals surface area contributed by atoms with Gasteiger partial charge in [0.2, 0.25) is 0 Å². The Morgan fingerprint density at radius 1 is 1.08 bits per heavy atom. The van der Waals surface area contributed by atoms with Gasteiger partial charge in [0.15, 0.2) is 6.61 Å². The van der Waals surface area contributed by atoms with Crippen LogP contribution < -0.4 is 25.0 Å². The second kappa shape index (κ2) is 11.1. The molecule has 1 saturated heterocycles. The van der Waals surface area contributed by atoms with Crippen molar-refractivity contribution in [3.05, 3.63) is 72.6 Å². The summed E-state index contributed by atoms with van der Waals surface area (Å²) in [6, 6.07) is 14.3. The van der Waals surface area contributed by atoms with Crippen molar-refractivity contribution < 1.29 is 27.9 Å². The number of nitrogens with one attached hydrogen (secondary N) is 3. The fraction of sp³-hybridized carbons (Fsp3) is 0.208. The van der Waals surface area contributed by atoms with Gasteiger partial charge >= 0.3 is 5.97 Å². The Bertz CT molecular complexity index is 1330. The molecule has 11 nitrogen and oxygen atoms in total. The first-order valence-corrected chi connectivity index (χ1v) is 12.6. The number of carbonyl (C=O) groups excluding carboxylic acids is 1. The Labute approximate surface area is 208 Å². The van der Waals surface area contributed by atoms with E-state index in [9.17, 15) is 18.0 Å². The Morgan fingerprint density at radius 3 is 2.50 bits per heavy atom. The van der Waals surface area contributed by atoms with Gasteiger partial charge in [-0.15, -0.1) is 0 Å². The van der Waals surface area contributed by atoms with Crippen LogP contribution in [0.2, 0.25) is 0 Å². The minimum atomic E-state index is -4.05. The van der Waals surface area contributed by atoms with E-state index < -0.39 is 22.6 Å². The lowest BCUT2D eigenvalue weighted by Crippen LogP contribution is -2.43. The van der Waals surface area contributed by atoms with Crippen molar-refractivity contribution in [2.45, 2.75) is 4.90 Å². The van der Waals surface area contributed by atoms with E-state index in [0.717, 1.165) is 31.9 Å². The third kappa shape index (κ3) is 6.29. The normalized spacial score (nSPS) is 13.6. The van der Waals surface area contributed by atoms with E-state index in [4.69, 9.17) is 9.84 Å². The lowest BCUT2D eigenvalue weighted by Gasteiger charge is -2.29. The van der Waals surface area contributed by atoms with E-state index in [2.05, 4.69) is 25.2 Å². The first-order valence-electron chi connectivity index (χ1n) is 11.1. The number of anilines is 3. The van der Waals surface area contributed by atoms with E-state index >= 15 is 0 Å². The fourth-order valence-corrected chi connectivity index (χ4v) is 4.64. The van der Waals surface area contributed by atoms with Gasteiger partial charge in [-0.3, -0.25) is 14.5 Å². The zero-order chi connectivity index (χ0) is 25.5. The zero-order valence-corrected chi connectivity index (χ0v) is 20.0. The van der Waals surface area contributed by atoms with Crippen LogP contribution in [0.15, 0.2) is 71.9 Å². The summed E-state index contributed by atoms with van der Waals surface area (Å²) in [5.74, 6) is -1.62. The molecule has 1 aromatic heterocycles. The summed E-state index contributed by atoms with van der Waals surface area (Å²) in [6.07, 6.45) is 2.61. The molecule has 0 unspecified atom stereocenters. The molecule has 2 aromatic carbocycles. The van der Waals surface area contributed by atoms with Crippen LogP contribution >= 0.6 is 0 Å². The van der Waals surface area contributed by atoms with Crippen LogP contribution in [-0.4, -0.2) is 63.2 Å². The van der Waals surface area contributed by atoms with Crippen LogP contribution in [0.5, 0.6) is 5.75 Å². The first-order chi connectivity index (χ1) is 17.3. The van der Waals surface area contributed by atoms with Gasteiger partial charge < -0.3 is 25.4 Å². The molecule has 188 valence electrons. The minimum Gasteiger partial charge on any atom is -0.480 e. The van der Waals surface area contributed by atoms with Crippen molar-refractivity contribution >= 4 is 39.0 Å². The SMILES string of the molecule is O=C(O)COc1ccc(NC(=O)c2ccc(N3CCNCC3)cc2)cc1NS(=O)(=O)c1cccnc1. The van der Waals surface area contributed by atoms with Crippen molar-refractivity contribution in [2.24, 2.45) is 0 Å². The highest BCUT2D eigenvalue weighted by atomic mass is 32.2. The highest BCUT2D eigenvalue weighted by Crippen LogP contribution is 2.30. The number of rotatable bonds is 9. The topological polar surface area (TPSA) is 150 Å². The van der Waals surface area contributed by atoms with E-state index in [-0.39, 0.29) is 27.9 Å². The highest BCUT2D eigenvalue weighted by molar-refractivity contribution is 7.92. The van der Waals surface area contributed by atoms with E-state index in [1.54, 1.807) is 12.1 Å². The molecular formula is C24H25N5O6S. The van der Waals surface area contributed by atoms with Gasteiger partial charge in [0.05, 0.1) is 5.69 Å². The molecule has 4 rings (SSSR count). The Balaban J connectivity index is 1.53. The summed E-state index contributed by atoms with van der Waals surface area (Å²) in [5, 5.41) is 15.0. The van der Waals surface area contributed by atoms with E-state index in [0.29, 0.717) is 5.56 Å². The summed E-state index contributed by atoms with van der Waals surface area (Å²) in [6.45, 7) is 2.91. The molecule has 4 N–H and O–H groups in total. The number of carbonyl (C=O) groups is 2. The number of carboxylic acid groups (broad SMARTS) is 1. The summed E-state index contributed by atoms with van der Waals surface area (Å²) in [5.41, 5.74) is 1.71. The van der Waals surface area contributed by atoms with Gasteiger partial charge in [-0.2, -0.15) is 0 Å². The average Bonchev–Trinajstić information content (AvgIpc) is 2.89. The number of pyridine rings is 1. The molecule has 0 saturated carbocycles. The first kappa shape index (κ1) is 24.9. The number of hydrogen-bond acceptors (Lipinski definition) is 8. The van der Waals surface area contributed by atoms with Gasteiger partial charge in [0.1, 0.15) is 10.6 Å². The lowest BCUT2D eigenvalue weighted by molar-refractivity contribution is -0.139. The quantitative estimate of drug-likeness (QED) is 0.338. The summed E-state index contributed by atoms with van der Waals surface area (Å²) < 4.78 is 33.2. The second-order valence-electron chi connectivity index (χ2n) is 7.93. The van der Waals surface area contributed by atoms with Crippen LogP contribution in [0, 0.1) is 0 Å². The largest absolute Gasteiger partial charge is 0.480 e. The van der Waals surface area contributed by atoms with Crippen molar-refractivity contribution in [2.75, 3.05) is 47.7 Å². The molecule has 1 fully saturated rings. The van der Waals surface area contributed by atoms with E-state index in [1.165, 1.54) is 42.7 Å². The Morgan fingerprint density at radius 2 is 1.83 bits per heavy atom. The van der Waals surface area contributed by atoms with Crippen LogP contribution in [0.3, 0.4) is 0 Å². The number of amides is 1. The predicted molar refractivity (Wildman–Crippen MR) is 134 cm³/mol. The third-order valence-corrected chi connectivity index (χ3v) is 6.74. The second-order valence-corrected chi connectivity index (χ2v) is 9.61. The van der Waals surface area contributed by atoms with E-state index in [1.807, 2.05) is 12.1 Å². The molecule has 0 spiro atoms. The molecule has 1 aliphatic rings. The summed E-state index contributed by atoms with van der Waals surface area (Å²) >= 11 is 0. The van der Waals surface area contributed by atoms with Gasteiger partial charge in [0, 0.05) is 55.5 Å². The van der Waals surface area contributed by atoms with Crippen molar-refractivity contribution in [1.29, 1.82) is 0 Å². The Kier molecular flexibility index (Phi) is 7.66. The number of aromatic nitrogens is 1. The molecule has 12 heteroatoms. The molecule has 3 aromatic rings. The average molecular weight is 512 g/mol. The molecule has 1 amide bonds. The molecule has 0 aliphatic carbocycles.